The number of hydrogen-bond acceptors (Lipinski definition) is 5. The molecule has 8 heteroatoms. The Kier molecular flexibility index (Phi) is 20.3. The average molecular weight is 268 g/mol. The van der Waals surface area contributed by atoms with E-state index in [4.69, 9.17) is 23.5 Å². The van der Waals surface area contributed by atoms with Crippen LogP contribution in [0.5, 0.6) is 11.5 Å². The predicted molar refractivity (Wildman–Crippen MR) is 39.5 cm³/mol. The van der Waals surface area contributed by atoms with Crippen molar-refractivity contribution in [2.24, 2.45) is 0 Å². The van der Waals surface area contributed by atoms with Crippen LogP contribution < -0.4 is 103 Å². The molecule has 0 aliphatic rings. The zero-order valence-corrected chi connectivity index (χ0v) is 14.9. The van der Waals surface area contributed by atoms with Gasteiger partial charge in [-0.25, -0.2) is 0 Å². The Balaban J connectivity index is -0.000000180. The van der Waals surface area contributed by atoms with Crippen LogP contribution in [0.15, 0.2) is 24.3 Å². The molecule has 2 N–H and O–H groups in total. The van der Waals surface area contributed by atoms with Crippen molar-refractivity contribution in [3.05, 3.63) is 24.3 Å². The van der Waals surface area contributed by atoms with Gasteiger partial charge >= 0.3 is 103 Å². The topological polar surface area (TPSA) is 104 Å². The number of benzene rings is 1. The number of rotatable bonds is 0. The first kappa shape index (κ1) is 21.4. The molecule has 5 nitrogen and oxygen atoms in total. The molecular weight excluding hydrogens is 262 g/mol. The van der Waals surface area contributed by atoms with Gasteiger partial charge in [0.2, 0.25) is 0 Å². The number of hydrogen-bond donors (Lipinski definition) is 2. The summed E-state index contributed by atoms with van der Waals surface area (Å²) in [7, 11) is 0. The fraction of sp³-hybridized carbons (Fsp3) is 0. The van der Waals surface area contributed by atoms with E-state index in [-0.39, 0.29) is 114 Å². The van der Waals surface area contributed by atoms with E-state index in [1.165, 1.54) is 24.3 Å². The van der Waals surface area contributed by atoms with Crippen molar-refractivity contribution in [3.63, 3.8) is 0 Å². The number of phenols is 2. The molecular formula is C6H6K2O5S. The van der Waals surface area contributed by atoms with Crippen LogP contribution >= 0.6 is 0 Å². The van der Waals surface area contributed by atoms with Gasteiger partial charge in [-0.05, 0) is 24.3 Å². The zero-order valence-electron chi connectivity index (χ0n) is 7.84. The summed E-state index contributed by atoms with van der Waals surface area (Å²) in [6.07, 6.45) is 0. The van der Waals surface area contributed by atoms with Gasteiger partial charge in [0.15, 0.2) is 0 Å². The summed E-state index contributed by atoms with van der Waals surface area (Å²) < 4.78 is 25.3. The standard InChI is InChI=1S/C6H6O2.2K.H2O3S/c7-5-1-2-6(8)4-3-5;;;1-4(2)3/h1-4,7-8H;;;(H2,1,2,3)/q;2*+1;/p-2. The monoisotopic (exact) mass is 268 g/mol. The number of phenolic OH excluding ortho intramolecular Hbond substituents is 2. The predicted octanol–water partition coefficient (Wildman–Crippen LogP) is -5.90. The van der Waals surface area contributed by atoms with Gasteiger partial charge in [0, 0.05) is 0 Å². The molecule has 0 bridgehead atoms. The van der Waals surface area contributed by atoms with Crippen LogP contribution in [0, 0.1) is 0 Å². The molecule has 0 radical (unpaired) electrons. The van der Waals surface area contributed by atoms with E-state index in [1.807, 2.05) is 0 Å². The maximum absolute atomic E-state index is 8.65. The van der Waals surface area contributed by atoms with Gasteiger partial charge < -0.3 is 19.3 Å². The second-order valence-electron chi connectivity index (χ2n) is 1.72. The first-order chi connectivity index (χ1) is 5.52. The van der Waals surface area contributed by atoms with Gasteiger partial charge in [0.05, 0.1) is 0 Å². The van der Waals surface area contributed by atoms with Crippen molar-refractivity contribution in [1.29, 1.82) is 0 Å². The van der Waals surface area contributed by atoms with Crippen molar-refractivity contribution in [1.82, 2.24) is 0 Å². The molecule has 0 aliphatic carbocycles. The van der Waals surface area contributed by atoms with E-state index in [2.05, 4.69) is 0 Å². The van der Waals surface area contributed by atoms with Gasteiger partial charge in [-0.3, -0.25) is 4.21 Å². The van der Waals surface area contributed by atoms with Crippen LogP contribution in [-0.4, -0.2) is 23.5 Å². The Morgan fingerprint density at radius 1 is 0.929 bits per heavy atom. The molecule has 0 fully saturated rings. The van der Waals surface area contributed by atoms with Gasteiger partial charge in [-0.1, -0.05) is 0 Å². The Bertz CT molecular complexity index is 228. The minimum Gasteiger partial charge on any atom is -0.784 e. The Labute approximate surface area is 169 Å². The Hall–Kier alpha value is 2.16. The molecule has 1 rings (SSSR count). The maximum atomic E-state index is 8.65. The van der Waals surface area contributed by atoms with Crippen molar-refractivity contribution >= 4 is 11.4 Å². The summed E-state index contributed by atoms with van der Waals surface area (Å²) in [4.78, 5) is 0. The Morgan fingerprint density at radius 3 is 1.21 bits per heavy atom. The third kappa shape index (κ3) is 16.6. The van der Waals surface area contributed by atoms with Crippen LogP contribution in [0.1, 0.15) is 0 Å². The average Bonchev–Trinajstić information content (AvgIpc) is 1.94. The molecule has 0 saturated carbocycles. The van der Waals surface area contributed by atoms with Crippen molar-refractivity contribution in [3.8, 4) is 11.5 Å². The Morgan fingerprint density at radius 2 is 1.07 bits per heavy atom. The molecule has 0 saturated heterocycles. The van der Waals surface area contributed by atoms with E-state index < -0.39 is 11.4 Å². The van der Waals surface area contributed by atoms with Gasteiger partial charge in [-0.2, -0.15) is 0 Å². The fourth-order valence-corrected chi connectivity index (χ4v) is 0.453. The summed E-state index contributed by atoms with van der Waals surface area (Å²) in [6.45, 7) is 0. The summed E-state index contributed by atoms with van der Waals surface area (Å²) >= 11 is -3.11. The first-order valence-electron chi connectivity index (χ1n) is 2.77. The van der Waals surface area contributed by atoms with Gasteiger partial charge in [0.1, 0.15) is 11.5 Å². The largest absolute Gasteiger partial charge is 1.00 e. The molecule has 1 aromatic carbocycles. The van der Waals surface area contributed by atoms with Gasteiger partial charge in [-0.15, -0.1) is 11.4 Å². The molecule has 0 atom stereocenters. The van der Waals surface area contributed by atoms with Crippen molar-refractivity contribution < 1.29 is 126 Å². The molecule has 1 aromatic rings. The van der Waals surface area contributed by atoms with E-state index >= 15 is 0 Å². The van der Waals surface area contributed by atoms with Crippen molar-refractivity contribution in [2.75, 3.05) is 0 Å². The SMILES string of the molecule is O=S([O-])[O-].Oc1ccc(O)cc1.[K+].[K+]. The smallest absolute Gasteiger partial charge is 0.784 e. The van der Waals surface area contributed by atoms with Crippen LogP contribution in [0.3, 0.4) is 0 Å². The normalized spacial score (nSPS) is 7.64. The maximum Gasteiger partial charge on any atom is 1.00 e. The summed E-state index contributed by atoms with van der Waals surface area (Å²) in [6, 6.07) is 5.70. The molecule has 0 heterocycles. The van der Waals surface area contributed by atoms with Gasteiger partial charge in [0.25, 0.3) is 0 Å². The minimum absolute atomic E-state index is 0. The first-order valence-corrected chi connectivity index (χ1v) is 3.77. The molecule has 0 spiro atoms. The second-order valence-corrected chi connectivity index (χ2v) is 2.13. The molecule has 0 aromatic heterocycles. The third-order valence-electron chi connectivity index (χ3n) is 0.850. The summed E-state index contributed by atoms with van der Waals surface area (Å²) in [5.74, 6) is 0.339. The van der Waals surface area contributed by atoms with E-state index in [0.717, 1.165) is 0 Å². The van der Waals surface area contributed by atoms with E-state index in [9.17, 15) is 0 Å². The molecule has 0 aliphatic heterocycles. The van der Waals surface area contributed by atoms with Crippen LogP contribution in [0.25, 0.3) is 0 Å². The number of aromatic hydroxyl groups is 2. The zero-order chi connectivity index (χ0) is 9.56. The van der Waals surface area contributed by atoms with Crippen LogP contribution in [-0.2, 0) is 11.4 Å². The molecule has 0 amide bonds. The quantitative estimate of drug-likeness (QED) is 0.277. The summed E-state index contributed by atoms with van der Waals surface area (Å²) in [5.41, 5.74) is 0. The fourth-order valence-electron chi connectivity index (χ4n) is 0.453. The molecule has 68 valence electrons. The van der Waals surface area contributed by atoms with Crippen molar-refractivity contribution in [2.45, 2.75) is 0 Å². The molecule has 14 heavy (non-hydrogen) atoms. The summed E-state index contributed by atoms with van der Waals surface area (Å²) in [5, 5.41) is 17.3. The minimum atomic E-state index is -3.11. The van der Waals surface area contributed by atoms with Crippen LogP contribution in [0.4, 0.5) is 0 Å². The van der Waals surface area contributed by atoms with Crippen LogP contribution in [0.2, 0.25) is 0 Å². The third-order valence-corrected chi connectivity index (χ3v) is 0.850. The molecule has 0 unspecified atom stereocenters. The second kappa shape index (κ2) is 13.2. The van der Waals surface area contributed by atoms with E-state index in [0.29, 0.717) is 0 Å². The van der Waals surface area contributed by atoms with E-state index in [1.54, 1.807) is 0 Å².